The van der Waals surface area contributed by atoms with Gasteiger partial charge >= 0.3 is 5.97 Å². The van der Waals surface area contributed by atoms with E-state index >= 15 is 0 Å². The Bertz CT molecular complexity index is 642. The number of thiophene rings is 1. The van der Waals surface area contributed by atoms with Crippen LogP contribution in [0.25, 0.3) is 5.00 Å². The van der Waals surface area contributed by atoms with Gasteiger partial charge in [-0.05, 0) is 30.9 Å². The number of hydrogen-bond acceptors (Lipinski definition) is 4. The molecule has 88 valence electrons. The summed E-state index contributed by atoms with van der Waals surface area (Å²) in [7, 11) is 0. The van der Waals surface area contributed by atoms with Crippen molar-refractivity contribution in [1.29, 1.82) is 0 Å². The van der Waals surface area contributed by atoms with E-state index in [1.54, 1.807) is 6.92 Å². The highest BCUT2D eigenvalue weighted by atomic mass is 32.1. The van der Waals surface area contributed by atoms with Gasteiger partial charge in [0.15, 0.2) is 0 Å². The summed E-state index contributed by atoms with van der Waals surface area (Å²) in [5.74, 6) is -1.31. The predicted molar refractivity (Wildman–Crippen MR) is 64.1 cm³/mol. The molecule has 0 atom stereocenters. The average molecular weight is 250 g/mol. The van der Waals surface area contributed by atoms with E-state index in [2.05, 4.69) is 5.10 Å². The van der Waals surface area contributed by atoms with Crippen molar-refractivity contribution in [3.05, 3.63) is 44.7 Å². The normalized spacial score (nSPS) is 10.5. The third-order valence-corrected chi connectivity index (χ3v) is 3.26. The molecule has 2 aromatic rings. The third kappa shape index (κ3) is 2.12. The molecule has 0 aliphatic rings. The summed E-state index contributed by atoms with van der Waals surface area (Å²) in [6.07, 6.45) is 0. The van der Waals surface area contributed by atoms with Crippen LogP contribution >= 0.6 is 11.3 Å². The first-order valence-corrected chi connectivity index (χ1v) is 5.77. The van der Waals surface area contributed by atoms with E-state index in [4.69, 9.17) is 5.11 Å². The second-order valence-corrected chi connectivity index (χ2v) is 4.57. The summed E-state index contributed by atoms with van der Waals surface area (Å²) in [5.41, 5.74) is 0.657. The molecule has 0 amide bonds. The second-order valence-electron chi connectivity index (χ2n) is 3.68. The number of carboxylic acids is 1. The molecule has 0 unspecified atom stereocenters. The van der Waals surface area contributed by atoms with Gasteiger partial charge in [0, 0.05) is 11.8 Å². The molecule has 2 aromatic heterocycles. The molecule has 2 rings (SSSR count). The summed E-state index contributed by atoms with van der Waals surface area (Å²) in [5, 5.41) is 15.5. The maximum absolute atomic E-state index is 11.4. The fourth-order valence-corrected chi connectivity index (χ4v) is 2.36. The van der Waals surface area contributed by atoms with Gasteiger partial charge < -0.3 is 5.11 Å². The molecule has 0 bridgehead atoms. The van der Waals surface area contributed by atoms with Crippen LogP contribution in [0.1, 0.15) is 21.7 Å². The van der Waals surface area contributed by atoms with Gasteiger partial charge in [0.25, 0.3) is 0 Å². The first-order valence-electron chi connectivity index (χ1n) is 4.89. The lowest BCUT2D eigenvalue weighted by Crippen LogP contribution is -2.22. The number of carbonyl (C=O) groups is 1. The SMILES string of the molecule is Cc1csc(-n2nc(C(=O)O)c(=O)cc2C)c1. The van der Waals surface area contributed by atoms with Gasteiger partial charge in [0.1, 0.15) is 5.00 Å². The maximum atomic E-state index is 11.4. The van der Waals surface area contributed by atoms with Crippen molar-refractivity contribution in [1.82, 2.24) is 9.78 Å². The Hall–Kier alpha value is -1.95. The molecule has 17 heavy (non-hydrogen) atoms. The van der Waals surface area contributed by atoms with Crippen molar-refractivity contribution in [2.75, 3.05) is 0 Å². The molecule has 5 nitrogen and oxygen atoms in total. The Morgan fingerprint density at radius 1 is 1.41 bits per heavy atom. The Kier molecular flexibility index (Phi) is 2.81. The molecule has 0 spiro atoms. The van der Waals surface area contributed by atoms with Gasteiger partial charge in [0.2, 0.25) is 11.1 Å². The molecular formula is C11H10N2O3S. The van der Waals surface area contributed by atoms with Crippen LogP contribution < -0.4 is 5.43 Å². The van der Waals surface area contributed by atoms with Crippen LogP contribution in [-0.2, 0) is 0 Å². The van der Waals surface area contributed by atoms with Gasteiger partial charge in [0.05, 0.1) is 0 Å². The molecule has 0 fully saturated rings. The molecule has 1 N–H and O–H groups in total. The molecule has 2 heterocycles. The van der Waals surface area contributed by atoms with E-state index < -0.39 is 17.1 Å². The molecule has 0 aliphatic heterocycles. The maximum Gasteiger partial charge on any atom is 0.360 e. The first-order chi connectivity index (χ1) is 7.99. The Balaban J connectivity index is 2.66. The van der Waals surface area contributed by atoms with E-state index in [1.165, 1.54) is 22.1 Å². The number of nitrogens with zero attached hydrogens (tertiary/aromatic N) is 2. The third-order valence-electron chi connectivity index (χ3n) is 2.24. The number of aryl methyl sites for hydroxylation is 2. The van der Waals surface area contributed by atoms with Crippen LogP contribution in [0.4, 0.5) is 0 Å². The monoisotopic (exact) mass is 250 g/mol. The van der Waals surface area contributed by atoms with E-state index in [0.717, 1.165) is 10.6 Å². The molecule has 0 radical (unpaired) electrons. The minimum Gasteiger partial charge on any atom is -0.476 e. The van der Waals surface area contributed by atoms with Crippen LogP contribution in [0, 0.1) is 13.8 Å². The lowest BCUT2D eigenvalue weighted by molar-refractivity contribution is 0.0687. The lowest BCUT2D eigenvalue weighted by Gasteiger charge is -2.06. The minimum absolute atomic E-state index is 0.457. The zero-order valence-corrected chi connectivity index (χ0v) is 10.1. The van der Waals surface area contributed by atoms with Gasteiger partial charge in [-0.15, -0.1) is 11.3 Å². The number of aromatic carboxylic acids is 1. The lowest BCUT2D eigenvalue weighted by atomic mass is 10.3. The molecule has 0 aromatic carbocycles. The highest BCUT2D eigenvalue weighted by Gasteiger charge is 2.14. The molecule has 0 aliphatic carbocycles. The van der Waals surface area contributed by atoms with Crippen molar-refractivity contribution < 1.29 is 9.90 Å². The largest absolute Gasteiger partial charge is 0.476 e. The highest BCUT2D eigenvalue weighted by Crippen LogP contribution is 2.18. The second kappa shape index (κ2) is 4.14. The highest BCUT2D eigenvalue weighted by molar-refractivity contribution is 7.12. The van der Waals surface area contributed by atoms with E-state index in [-0.39, 0.29) is 0 Å². The first kappa shape index (κ1) is 11.5. The van der Waals surface area contributed by atoms with E-state index in [0.29, 0.717) is 5.69 Å². The van der Waals surface area contributed by atoms with Crippen LogP contribution in [0.2, 0.25) is 0 Å². The fraction of sp³-hybridized carbons (Fsp3) is 0.182. The predicted octanol–water partition coefficient (Wildman–Crippen LogP) is 1.61. The van der Waals surface area contributed by atoms with E-state index in [1.807, 2.05) is 18.4 Å². The quantitative estimate of drug-likeness (QED) is 0.878. The van der Waals surface area contributed by atoms with E-state index in [9.17, 15) is 9.59 Å². The average Bonchev–Trinajstić information content (AvgIpc) is 2.64. The van der Waals surface area contributed by atoms with Crippen LogP contribution in [-0.4, -0.2) is 20.9 Å². The van der Waals surface area contributed by atoms with Crippen LogP contribution in [0.3, 0.4) is 0 Å². The molecule has 0 saturated heterocycles. The molecule has 6 heteroatoms. The van der Waals surface area contributed by atoms with Crippen molar-refractivity contribution in [3.8, 4) is 5.00 Å². The number of rotatable bonds is 2. The standard InChI is InChI=1S/C11H10N2O3S/c1-6-3-9(17-5-6)13-7(2)4-8(14)10(12-13)11(15)16/h3-5H,1-2H3,(H,15,16). The van der Waals surface area contributed by atoms with Gasteiger partial charge in [-0.3, -0.25) is 4.79 Å². The zero-order valence-electron chi connectivity index (χ0n) is 9.30. The van der Waals surface area contributed by atoms with Gasteiger partial charge in [-0.1, -0.05) is 0 Å². The summed E-state index contributed by atoms with van der Waals surface area (Å²) < 4.78 is 1.47. The van der Waals surface area contributed by atoms with Gasteiger partial charge in [-0.25, -0.2) is 9.48 Å². The fourth-order valence-electron chi connectivity index (χ4n) is 1.45. The molecule has 0 saturated carbocycles. The topological polar surface area (TPSA) is 72.2 Å². The Labute approximate surface area is 101 Å². The van der Waals surface area contributed by atoms with Crippen molar-refractivity contribution in [2.24, 2.45) is 0 Å². The van der Waals surface area contributed by atoms with Crippen molar-refractivity contribution >= 4 is 17.3 Å². The zero-order chi connectivity index (χ0) is 12.6. The minimum atomic E-state index is -1.31. The Morgan fingerprint density at radius 3 is 2.65 bits per heavy atom. The van der Waals surface area contributed by atoms with Crippen LogP contribution in [0.15, 0.2) is 22.3 Å². The smallest absolute Gasteiger partial charge is 0.360 e. The Morgan fingerprint density at radius 2 is 2.12 bits per heavy atom. The summed E-state index contributed by atoms with van der Waals surface area (Å²) >= 11 is 1.45. The number of hydrogen-bond donors (Lipinski definition) is 1. The number of aromatic nitrogens is 2. The summed E-state index contributed by atoms with van der Waals surface area (Å²) in [4.78, 5) is 22.3. The van der Waals surface area contributed by atoms with Crippen molar-refractivity contribution in [2.45, 2.75) is 13.8 Å². The number of carboxylic acid groups (broad SMARTS) is 1. The van der Waals surface area contributed by atoms with Gasteiger partial charge in [-0.2, -0.15) is 5.10 Å². The molecular weight excluding hydrogens is 240 g/mol. The van der Waals surface area contributed by atoms with Crippen LogP contribution in [0.5, 0.6) is 0 Å². The van der Waals surface area contributed by atoms with Crippen molar-refractivity contribution in [3.63, 3.8) is 0 Å². The summed E-state index contributed by atoms with van der Waals surface area (Å²) in [6.45, 7) is 3.66. The summed E-state index contributed by atoms with van der Waals surface area (Å²) in [6, 6.07) is 3.17.